The molecule has 0 spiro atoms. The second-order valence-electron chi connectivity index (χ2n) is 5.47. The van der Waals surface area contributed by atoms with E-state index in [-0.39, 0.29) is 12.1 Å². The number of ether oxygens (including phenoxy) is 1. The topological polar surface area (TPSA) is 53.6 Å². The van der Waals surface area contributed by atoms with E-state index in [1.807, 2.05) is 18.2 Å². The van der Waals surface area contributed by atoms with Crippen molar-refractivity contribution >= 4 is 29.2 Å². The summed E-state index contributed by atoms with van der Waals surface area (Å²) in [6.45, 7) is 5.54. The van der Waals surface area contributed by atoms with Gasteiger partial charge in [0.05, 0.1) is 29.3 Å². The molecule has 0 radical (unpaired) electrons. The molecule has 7 heteroatoms. The van der Waals surface area contributed by atoms with Crippen molar-refractivity contribution in [2.24, 2.45) is 0 Å². The lowest BCUT2D eigenvalue weighted by molar-refractivity contribution is -0.0286. The number of carbonyl (C=O) groups is 1. The van der Waals surface area contributed by atoms with E-state index < -0.39 is 0 Å². The summed E-state index contributed by atoms with van der Waals surface area (Å²) >= 11 is 12.0. The molecule has 1 aromatic rings. The first-order valence-corrected chi connectivity index (χ1v) is 8.53. The quantitative estimate of drug-likeness (QED) is 0.784. The molecule has 2 N–H and O–H groups in total. The van der Waals surface area contributed by atoms with E-state index >= 15 is 0 Å². The van der Waals surface area contributed by atoms with Crippen LogP contribution in [0.25, 0.3) is 0 Å². The van der Waals surface area contributed by atoms with Crippen molar-refractivity contribution in [3.63, 3.8) is 0 Å². The fourth-order valence-electron chi connectivity index (χ4n) is 2.43. The molecule has 130 valence electrons. The van der Waals surface area contributed by atoms with Gasteiger partial charge in [-0.05, 0) is 24.6 Å². The van der Waals surface area contributed by atoms with Crippen molar-refractivity contribution in [1.29, 1.82) is 0 Å². The monoisotopic (exact) mass is 369 g/mol. The average molecular weight is 370 g/mol. The number of hydrogen-bond acceptors (Lipinski definition) is 3. The number of amides is 2. The van der Waals surface area contributed by atoms with Gasteiger partial charge in [0.25, 0.3) is 0 Å². The van der Waals surface area contributed by atoms with E-state index in [0.717, 1.165) is 25.2 Å². The van der Waals surface area contributed by atoms with Crippen LogP contribution in [0.1, 0.15) is 12.5 Å². The summed E-state index contributed by atoms with van der Waals surface area (Å²) in [7, 11) is 0. The third-order valence-corrected chi connectivity index (χ3v) is 4.36. The zero-order valence-electron chi connectivity index (χ0n) is 13.6. The molecule has 24 heavy (non-hydrogen) atoms. The Labute approximate surface area is 152 Å². The molecule has 1 aromatic carbocycles. The zero-order chi connectivity index (χ0) is 17.4. The molecule has 5 nitrogen and oxygen atoms in total. The molecule has 2 rings (SSSR count). The summed E-state index contributed by atoms with van der Waals surface area (Å²) in [5, 5.41) is 6.59. The van der Waals surface area contributed by atoms with Gasteiger partial charge in [0.2, 0.25) is 0 Å². The lowest BCUT2D eigenvalue weighted by atomic mass is 10.2. The lowest BCUT2D eigenvalue weighted by Crippen LogP contribution is -2.48. The van der Waals surface area contributed by atoms with Crippen molar-refractivity contribution < 1.29 is 9.53 Å². The first-order chi connectivity index (χ1) is 11.6. The Morgan fingerprint density at radius 1 is 1.38 bits per heavy atom. The van der Waals surface area contributed by atoms with E-state index in [0.29, 0.717) is 29.7 Å². The van der Waals surface area contributed by atoms with Crippen LogP contribution >= 0.6 is 23.2 Å². The minimum absolute atomic E-state index is 0.0375. The molecule has 1 aliphatic rings. The van der Waals surface area contributed by atoms with Crippen molar-refractivity contribution in [3.8, 4) is 11.8 Å². The Bertz CT molecular complexity index is 628. The SMILES string of the molecule is CC#CCNC(=O)NCC1CN(Cc2ccc(Cl)c(Cl)c2)CCO1. The highest BCUT2D eigenvalue weighted by molar-refractivity contribution is 6.42. The van der Waals surface area contributed by atoms with Gasteiger partial charge in [0.1, 0.15) is 0 Å². The Kier molecular flexibility index (Phi) is 7.67. The number of benzene rings is 1. The van der Waals surface area contributed by atoms with E-state index in [1.165, 1.54) is 0 Å². The van der Waals surface area contributed by atoms with Crippen LogP contribution in [0.5, 0.6) is 0 Å². The number of urea groups is 1. The van der Waals surface area contributed by atoms with Gasteiger partial charge in [0.15, 0.2) is 0 Å². The number of hydrogen-bond donors (Lipinski definition) is 2. The van der Waals surface area contributed by atoms with E-state index in [9.17, 15) is 4.79 Å². The number of rotatable bonds is 5. The Balaban J connectivity index is 1.77. The minimum atomic E-state index is -0.233. The van der Waals surface area contributed by atoms with E-state index in [2.05, 4.69) is 27.4 Å². The molecule has 0 aromatic heterocycles. The van der Waals surface area contributed by atoms with Crippen LogP contribution < -0.4 is 10.6 Å². The fraction of sp³-hybridized carbons (Fsp3) is 0.471. The Morgan fingerprint density at radius 2 is 2.21 bits per heavy atom. The van der Waals surface area contributed by atoms with Gasteiger partial charge in [-0.25, -0.2) is 4.79 Å². The van der Waals surface area contributed by atoms with Crippen LogP contribution in [0.2, 0.25) is 10.0 Å². The third-order valence-electron chi connectivity index (χ3n) is 3.62. The highest BCUT2D eigenvalue weighted by Gasteiger charge is 2.21. The number of morpholine rings is 1. The summed E-state index contributed by atoms with van der Waals surface area (Å²) in [6.07, 6.45) is -0.0375. The molecule has 0 aliphatic carbocycles. The number of carbonyl (C=O) groups excluding carboxylic acids is 1. The molecule has 1 atom stereocenters. The van der Waals surface area contributed by atoms with Crippen molar-refractivity contribution in [2.45, 2.75) is 19.6 Å². The third kappa shape index (κ3) is 6.21. The maximum atomic E-state index is 11.6. The van der Waals surface area contributed by atoms with Crippen LogP contribution in [0.4, 0.5) is 4.79 Å². The summed E-state index contributed by atoms with van der Waals surface area (Å²) in [5.41, 5.74) is 1.11. The van der Waals surface area contributed by atoms with Crippen LogP contribution in [-0.4, -0.2) is 49.8 Å². The highest BCUT2D eigenvalue weighted by atomic mass is 35.5. The van der Waals surface area contributed by atoms with Gasteiger partial charge in [-0.3, -0.25) is 4.90 Å². The molecule has 1 fully saturated rings. The smallest absolute Gasteiger partial charge is 0.315 e. The summed E-state index contributed by atoms with van der Waals surface area (Å²) in [5.74, 6) is 5.50. The Morgan fingerprint density at radius 3 is 2.96 bits per heavy atom. The summed E-state index contributed by atoms with van der Waals surface area (Å²) in [4.78, 5) is 13.9. The number of nitrogens with one attached hydrogen (secondary N) is 2. The standard InChI is InChI=1S/C17H21Cl2N3O2/c1-2-3-6-20-17(23)21-10-14-12-22(7-8-24-14)11-13-4-5-15(18)16(19)9-13/h4-5,9,14H,6-8,10-12H2,1H3,(H2,20,21,23). The number of halogens is 2. The van der Waals surface area contributed by atoms with Gasteiger partial charge >= 0.3 is 6.03 Å². The molecule has 1 saturated heterocycles. The van der Waals surface area contributed by atoms with Crippen molar-refractivity contribution in [3.05, 3.63) is 33.8 Å². The largest absolute Gasteiger partial charge is 0.374 e. The second-order valence-corrected chi connectivity index (χ2v) is 6.28. The predicted octanol–water partition coefficient (Wildman–Crippen LogP) is 2.52. The molecule has 2 amide bonds. The molecule has 0 saturated carbocycles. The zero-order valence-corrected chi connectivity index (χ0v) is 15.1. The maximum Gasteiger partial charge on any atom is 0.315 e. The minimum Gasteiger partial charge on any atom is -0.374 e. The maximum absolute atomic E-state index is 11.6. The molecule has 1 aliphatic heterocycles. The van der Waals surface area contributed by atoms with Gasteiger partial charge in [-0.15, -0.1) is 5.92 Å². The van der Waals surface area contributed by atoms with Gasteiger partial charge in [-0.2, -0.15) is 0 Å². The Hall–Kier alpha value is -1.45. The van der Waals surface area contributed by atoms with Crippen LogP contribution in [0, 0.1) is 11.8 Å². The second kappa shape index (κ2) is 9.75. The molecule has 0 bridgehead atoms. The predicted molar refractivity (Wildman–Crippen MR) is 96.3 cm³/mol. The van der Waals surface area contributed by atoms with Gasteiger partial charge in [-0.1, -0.05) is 35.2 Å². The molecule has 1 unspecified atom stereocenters. The molecular weight excluding hydrogens is 349 g/mol. The first kappa shape index (κ1) is 18.9. The number of nitrogens with zero attached hydrogens (tertiary/aromatic N) is 1. The van der Waals surface area contributed by atoms with Crippen molar-refractivity contribution in [1.82, 2.24) is 15.5 Å². The van der Waals surface area contributed by atoms with Crippen LogP contribution in [0.3, 0.4) is 0 Å². The fourth-order valence-corrected chi connectivity index (χ4v) is 2.75. The van der Waals surface area contributed by atoms with Crippen LogP contribution in [0.15, 0.2) is 18.2 Å². The highest BCUT2D eigenvalue weighted by Crippen LogP contribution is 2.23. The van der Waals surface area contributed by atoms with Crippen molar-refractivity contribution in [2.75, 3.05) is 32.8 Å². The van der Waals surface area contributed by atoms with Gasteiger partial charge < -0.3 is 15.4 Å². The van der Waals surface area contributed by atoms with E-state index in [4.69, 9.17) is 27.9 Å². The van der Waals surface area contributed by atoms with Crippen LogP contribution in [-0.2, 0) is 11.3 Å². The molecular formula is C17H21Cl2N3O2. The first-order valence-electron chi connectivity index (χ1n) is 7.77. The normalized spacial score (nSPS) is 17.7. The summed E-state index contributed by atoms with van der Waals surface area (Å²) in [6, 6.07) is 5.43. The average Bonchev–Trinajstić information content (AvgIpc) is 2.57. The van der Waals surface area contributed by atoms with E-state index in [1.54, 1.807) is 6.92 Å². The lowest BCUT2D eigenvalue weighted by Gasteiger charge is -2.33. The van der Waals surface area contributed by atoms with Gasteiger partial charge in [0, 0.05) is 26.2 Å². The summed E-state index contributed by atoms with van der Waals surface area (Å²) < 4.78 is 5.71. The molecule has 1 heterocycles.